The van der Waals surface area contributed by atoms with E-state index in [1.54, 1.807) is 18.2 Å². The SMILES string of the molecule is CCOc1cc(CNCCc2ccc(Cl)cc2Cl)c(Br)cc1OCc1ccc(Cl)c(Cl)c1. The molecule has 0 radical (unpaired) electrons. The Morgan fingerprint density at radius 1 is 0.812 bits per heavy atom. The van der Waals surface area contributed by atoms with Crippen molar-refractivity contribution in [3.8, 4) is 11.5 Å². The van der Waals surface area contributed by atoms with E-state index in [-0.39, 0.29) is 0 Å². The standard InChI is InChI=1S/C24H22BrCl4NO2/c1-2-31-23-10-17(13-30-8-7-16-4-5-18(26)11-21(16)28)19(25)12-24(23)32-14-15-3-6-20(27)22(29)9-15/h3-6,9-12,30H,2,7-8,13-14H2,1H3. The van der Waals surface area contributed by atoms with Crippen LogP contribution in [0, 0.1) is 0 Å². The predicted molar refractivity (Wildman–Crippen MR) is 138 cm³/mol. The van der Waals surface area contributed by atoms with E-state index in [0.29, 0.717) is 51.3 Å². The third kappa shape index (κ3) is 7.18. The van der Waals surface area contributed by atoms with Gasteiger partial charge in [0.25, 0.3) is 0 Å². The molecule has 0 saturated heterocycles. The molecule has 0 heterocycles. The molecule has 0 fully saturated rings. The average molecular weight is 578 g/mol. The lowest BCUT2D eigenvalue weighted by Gasteiger charge is -2.16. The Morgan fingerprint density at radius 2 is 1.59 bits per heavy atom. The third-order valence-corrected chi connectivity index (χ3v) is 6.76. The number of nitrogens with one attached hydrogen (secondary N) is 1. The van der Waals surface area contributed by atoms with Crippen LogP contribution >= 0.6 is 62.3 Å². The van der Waals surface area contributed by atoms with Crippen LogP contribution in [0.25, 0.3) is 0 Å². The van der Waals surface area contributed by atoms with Crippen molar-refractivity contribution < 1.29 is 9.47 Å². The first-order valence-corrected chi connectivity index (χ1v) is 12.3. The maximum absolute atomic E-state index is 6.25. The van der Waals surface area contributed by atoms with Crippen LogP contribution in [-0.2, 0) is 19.6 Å². The van der Waals surface area contributed by atoms with Crippen LogP contribution in [0.5, 0.6) is 11.5 Å². The molecule has 3 nitrogen and oxygen atoms in total. The van der Waals surface area contributed by atoms with Crippen LogP contribution in [0.1, 0.15) is 23.6 Å². The summed E-state index contributed by atoms with van der Waals surface area (Å²) >= 11 is 27.9. The second-order valence-corrected chi connectivity index (χ2v) is 9.54. The topological polar surface area (TPSA) is 30.5 Å². The van der Waals surface area contributed by atoms with Gasteiger partial charge in [0.15, 0.2) is 11.5 Å². The van der Waals surface area contributed by atoms with E-state index in [9.17, 15) is 0 Å². The molecule has 3 aromatic carbocycles. The fraction of sp³-hybridized carbons (Fsp3) is 0.250. The predicted octanol–water partition coefficient (Wildman–Crippen LogP) is 8.37. The zero-order valence-electron chi connectivity index (χ0n) is 17.4. The molecule has 1 N–H and O–H groups in total. The van der Waals surface area contributed by atoms with Crippen LogP contribution in [0.15, 0.2) is 53.0 Å². The molecule has 0 aliphatic heterocycles. The molecule has 3 aromatic rings. The summed E-state index contributed by atoms with van der Waals surface area (Å²) in [6.45, 7) is 4.26. The normalized spacial score (nSPS) is 10.9. The minimum Gasteiger partial charge on any atom is -0.490 e. The van der Waals surface area contributed by atoms with Crippen molar-refractivity contribution in [2.24, 2.45) is 0 Å². The maximum atomic E-state index is 6.25. The first kappa shape index (κ1) is 25.5. The second kappa shape index (κ2) is 12.4. The molecule has 0 atom stereocenters. The zero-order chi connectivity index (χ0) is 23.1. The lowest BCUT2D eigenvalue weighted by atomic mass is 10.1. The smallest absolute Gasteiger partial charge is 0.162 e. The van der Waals surface area contributed by atoms with Crippen molar-refractivity contribution in [1.29, 1.82) is 0 Å². The van der Waals surface area contributed by atoms with Gasteiger partial charge in [-0.2, -0.15) is 0 Å². The largest absolute Gasteiger partial charge is 0.490 e. The molecule has 0 bridgehead atoms. The van der Waals surface area contributed by atoms with Crippen molar-refractivity contribution >= 4 is 62.3 Å². The first-order chi connectivity index (χ1) is 15.4. The highest BCUT2D eigenvalue weighted by Crippen LogP contribution is 2.35. The molecule has 8 heteroatoms. The van der Waals surface area contributed by atoms with E-state index in [2.05, 4.69) is 21.2 Å². The molecule has 0 aliphatic rings. The van der Waals surface area contributed by atoms with Gasteiger partial charge in [0, 0.05) is 21.1 Å². The molecule has 0 aromatic heterocycles. The van der Waals surface area contributed by atoms with Gasteiger partial charge in [0.1, 0.15) is 6.61 Å². The lowest BCUT2D eigenvalue weighted by molar-refractivity contribution is 0.269. The van der Waals surface area contributed by atoms with Gasteiger partial charge >= 0.3 is 0 Å². The second-order valence-electron chi connectivity index (χ2n) is 7.02. The Hall–Kier alpha value is -1.14. The van der Waals surface area contributed by atoms with Crippen molar-refractivity contribution in [2.45, 2.75) is 26.5 Å². The first-order valence-electron chi connectivity index (χ1n) is 10.0. The molecule has 0 amide bonds. The van der Waals surface area contributed by atoms with Crippen LogP contribution in [0.3, 0.4) is 0 Å². The van der Waals surface area contributed by atoms with E-state index >= 15 is 0 Å². The van der Waals surface area contributed by atoms with Gasteiger partial charge in [0.2, 0.25) is 0 Å². The Kier molecular flexibility index (Phi) is 9.84. The summed E-state index contributed by atoms with van der Waals surface area (Å²) in [6, 6.07) is 14.9. The number of ether oxygens (including phenoxy) is 2. The van der Waals surface area contributed by atoms with Crippen LogP contribution in [0.4, 0.5) is 0 Å². The fourth-order valence-electron chi connectivity index (χ4n) is 3.05. The van der Waals surface area contributed by atoms with Crippen molar-refractivity contribution in [3.05, 3.63) is 89.8 Å². The summed E-state index contributed by atoms with van der Waals surface area (Å²) in [5.41, 5.74) is 3.05. The van der Waals surface area contributed by atoms with Gasteiger partial charge in [-0.15, -0.1) is 0 Å². The van der Waals surface area contributed by atoms with Crippen LogP contribution in [0.2, 0.25) is 20.1 Å². The molecule has 3 rings (SSSR count). The monoisotopic (exact) mass is 575 g/mol. The van der Waals surface area contributed by atoms with E-state index in [0.717, 1.165) is 34.1 Å². The molecule has 170 valence electrons. The van der Waals surface area contributed by atoms with E-state index in [1.165, 1.54) is 0 Å². The minimum absolute atomic E-state index is 0.350. The van der Waals surface area contributed by atoms with Crippen molar-refractivity contribution in [3.63, 3.8) is 0 Å². The van der Waals surface area contributed by atoms with E-state index in [4.69, 9.17) is 55.9 Å². The molecule has 0 saturated carbocycles. The van der Waals surface area contributed by atoms with Crippen LogP contribution in [-0.4, -0.2) is 13.2 Å². The van der Waals surface area contributed by atoms with Crippen LogP contribution < -0.4 is 14.8 Å². The van der Waals surface area contributed by atoms with Gasteiger partial charge in [0.05, 0.1) is 16.7 Å². The minimum atomic E-state index is 0.350. The number of benzene rings is 3. The molecule has 32 heavy (non-hydrogen) atoms. The van der Waals surface area contributed by atoms with Gasteiger partial charge in [-0.05, 0) is 73.0 Å². The molecular weight excluding hydrogens is 556 g/mol. The summed E-state index contributed by atoms with van der Waals surface area (Å²) < 4.78 is 12.8. The van der Waals surface area contributed by atoms with Crippen molar-refractivity contribution in [1.82, 2.24) is 5.32 Å². The number of hydrogen-bond donors (Lipinski definition) is 1. The van der Waals surface area contributed by atoms with E-state index in [1.807, 2.05) is 37.3 Å². The third-order valence-electron chi connectivity index (χ3n) is 4.69. The summed E-state index contributed by atoms with van der Waals surface area (Å²) in [5, 5.41) is 5.79. The summed E-state index contributed by atoms with van der Waals surface area (Å²) in [7, 11) is 0. The van der Waals surface area contributed by atoms with E-state index < -0.39 is 0 Å². The Labute approximate surface area is 217 Å². The molecule has 0 spiro atoms. The summed E-state index contributed by atoms with van der Waals surface area (Å²) in [6.07, 6.45) is 0.802. The summed E-state index contributed by atoms with van der Waals surface area (Å²) in [4.78, 5) is 0. The highest BCUT2D eigenvalue weighted by Gasteiger charge is 2.12. The number of halogens is 5. The Balaban J connectivity index is 1.62. The molecular formula is C24H22BrCl4NO2. The maximum Gasteiger partial charge on any atom is 0.162 e. The highest BCUT2D eigenvalue weighted by molar-refractivity contribution is 9.10. The average Bonchev–Trinajstić information content (AvgIpc) is 2.75. The molecule has 0 aliphatic carbocycles. The quantitative estimate of drug-likeness (QED) is 0.246. The highest BCUT2D eigenvalue weighted by atomic mass is 79.9. The zero-order valence-corrected chi connectivity index (χ0v) is 22.0. The fourth-order valence-corrected chi connectivity index (χ4v) is 4.34. The number of rotatable bonds is 10. The lowest BCUT2D eigenvalue weighted by Crippen LogP contribution is -2.17. The van der Waals surface area contributed by atoms with Crippen molar-refractivity contribution in [2.75, 3.05) is 13.2 Å². The van der Waals surface area contributed by atoms with Gasteiger partial charge < -0.3 is 14.8 Å². The van der Waals surface area contributed by atoms with Gasteiger partial charge in [-0.1, -0.05) is 74.5 Å². The van der Waals surface area contributed by atoms with Gasteiger partial charge in [-0.3, -0.25) is 0 Å². The summed E-state index contributed by atoms with van der Waals surface area (Å²) in [5.74, 6) is 1.34. The Morgan fingerprint density at radius 3 is 2.31 bits per heavy atom. The van der Waals surface area contributed by atoms with Gasteiger partial charge in [-0.25, -0.2) is 0 Å². The number of hydrogen-bond acceptors (Lipinski definition) is 3. The Bertz CT molecular complexity index is 1080. The molecule has 0 unspecified atom stereocenters.